The van der Waals surface area contributed by atoms with Gasteiger partial charge in [-0.05, 0) is 36.9 Å². The van der Waals surface area contributed by atoms with Gasteiger partial charge in [-0.1, -0.05) is 11.6 Å². The highest BCUT2D eigenvalue weighted by Crippen LogP contribution is 2.30. The van der Waals surface area contributed by atoms with Gasteiger partial charge in [-0.3, -0.25) is 0 Å². The van der Waals surface area contributed by atoms with Gasteiger partial charge in [-0.15, -0.1) is 0 Å². The van der Waals surface area contributed by atoms with Crippen molar-refractivity contribution in [3.05, 3.63) is 58.4 Å². The summed E-state index contributed by atoms with van der Waals surface area (Å²) in [6, 6.07) is 5.78. The number of rotatable bonds is 4. The highest BCUT2D eigenvalue weighted by molar-refractivity contribution is 6.30. The highest BCUT2D eigenvalue weighted by Gasteiger charge is 2.14. The topological polar surface area (TPSA) is 21.3 Å². The van der Waals surface area contributed by atoms with E-state index in [0.717, 1.165) is 12.1 Å². The Bertz CT molecular complexity index is 611. The van der Waals surface area contributed by atoms with Gasteiger partial charge in [0.05, 0.1) is 5.02 Å². The van der Waals surface area contributed by atoms with Crippen LogP contribution in [-0.2, 0) is 6.54 Å². The van der Waals surface area contributed by atoms with E-state index in [1.54, 1.807) is 7.05 Å². The maximum atomic E-state index is 13.8. The van der Waals surface area contributed by atoms with Crippen molar-refractivity contribution in [3.8, 4) is 11.5 Å². The smallest absolute Gasteiger partial charge is 0.198 e. The third-order valence-corrected chi connectivity index (χ3v) is 2.84. The van der Waals surface area contributed by atoms with Gasteiger partial charge in [0.15, 0.2) is 17.4 Å². The van der Waals surface area contributed by atoms with Crippen molar-refractivity contribution in [1.29, 1.82) is 0 Å². The Balaban J connectivity index is 2.31. The summed E-state index contributed by atoms with van der Waals surface area (Å²) in [5.41, 5.74) is 0.451. The van der Waals surface area contributed by atoms with Crippen molar-refractivity contribution in [3.63, 3.8) is 0 Å². The zero-order valence-corrected chi connectivity index (χ0v) is 11.3. The minimum Gasteiger partial charge on any atom is -0.451 e. The summed E-state index contributed by atoms with van der Waals surface area (Å²) >= 11 is 5.58. The Kier molecular flexibility index (Phi) is 4.52. The lowest BCUT2D eigenvalue weighted by Crippen LogP contribution is -2.06. The van der Waals surface area contributed by atoms with Gasteiger partial charge in [-0.2, -0.15) is 0 Å². The Hall–Kier alpha value is -1.72. The van der Waals surface area contributed by atoms with Crippen LogP contribution in [0.3, 0.4) is 0 Å². The Morgan fingerprint density at radius 3 is 2.25 bits per heavy atom. The number of hydrogen-bond donors (Lipinski definition) is 1. The summed E-state index contributed by atoms with van der Waals surface area (Å²) in [6.07, 6.45) is 0. The van der Waals surface area contributed by atoms with E-state index < -0.39 is 23.2 Å². The second kappa shape index (κ2) is 6.15. The van der Waals surface area contributed by atoms with Crippen LogP contribution < -0.4 is 10.1 Å². The van der Waals surface area contributed by atoms with Crippen LogP contribution in [0, 0.1) is 17.5 Å². The second-order valence-corrected chi connectivity index (χ2v) is 4.50. The molecule has 0 aliphatic heterocycles. The molecule has 0 saturated heterocycles. The highest BCUT2D eigenvalue weighted by atomic mass is 35.5. The average molecular weight is 302 g/mol. The van der Waals surface area contributed by atoms with E-state index in [9.17, 15) is 13.2 Å². The molecule has 0 unspecified atom stereocenters. The predicted molar refractivity (Wildman–Crippen MR) is 70.6 cm³/mol. The molecule has 2 aromatic rings. The first-order chi connectivity index (χ1) is 9.51. The number of hydrogen-bond acceptors (Lipinski definition) is 2. The molecule has 0 saturated carbocycles. The Morgan fingerprint density at radius 1 is 1.05 bits per heavy atom. The van der Waals surface area contributed by atoms with Crippen LogP contribution in [0.2, 0.25) is 5.02 Å². The fourth-order valence-electron chi connectivity index (χ4n) is 1.67. The summed E-state index contributed by atoms with van der Waals surface area (Å²) in [5, 5.41) is 2.60. The maximum absolute atomic E-state index is 13.8. The average Bonchev–Trinajstić information content (AvgIpc) is 2.38. The normalized spacial score (nSPS) is 10.7. The summed E-state index contributed by atoms with van der Waals surface area (Å²) < 4.78 is 45.7. The summed E-state index contributed by atoms with van der Waals surface area (Å²) in [5.74, 6) is -2.81. The molecule has 0 bridgehead atoms. The van der Waals surface area contributed by atoms with E-state index in [-0.39, 0.29) is 10.8 Å². The quantitative estimate of drug-likeness (QED) is 0.910. The van der Waals surface area contributed by atoms with Gasteiger partial charge in [-0.25, -0.2) is 13.2 Å². The van der Waals surface area contributed by atoms with Gasteiger partial charge >= 0.3 is 0 Å². The van der Waals surface area contributed by atoms with Crippen molar-refractivity contribution in [2.24, 2.45) is 0 Å². The van der Waals surface area contributed by atoms with E-state index in [0.29, 0.717) is 12.1 Å². The molecule has 0 spiro atoms. The van der Waals surface area contributed by atoms with E-state index >= 15 is 0 Å². The van der Waals surface area contributed by atoms with Crippen molar-refractivity contribution in [2.45, 2.75) is 6.54 Å². The van der Waals surface area contributed by atoms with E-state index in [2.05, 4.69) is 5.32 Å². The molecule has 106 valence electrons. The Labute approximate surface area is 119 Å². The van der Waals surface area contributed by atoms with Crippen LogP contribution in [0.4, 0.5) is 13.2 Å². The molecule has 2 nitrogen and oxygen atoms in total. The molecular weight excluding hydrogens is 291 g/mol. The lowest BCUT2D eigenvalue weighted by molar-refractivity contribution is 0.405. The van der Waals surface area contributed by atoms with E-state index in [1.807, 2.05) is 0 Å². The number of ether oxygens (including phenoxy) is 1. The molecule has 0 heterocycles. The third-order valence-electron chi connectivity index (χ3n) is 2.55. The SMILES string of the molecule is CNCc1cc(F)c(Oc2ccc(F)c(Cl)c2)c(F)c1. The molecule has 0 atom stereocenters. The van der Waals surface area contributed by atoms with Gasteiger partial charge in [0.1, 0.15) is 11.6 Å². The molecule has 0 aromatic heterocycles. The predicted octanol–water partition coefficient (Wildman–Crippen LogP) is 4.27. The maximum Gasteiger partial charge on any atom is 0.198 e. The van der Waals surface area contributed by atoms with Gasteiger partial charge in [0.2, 0.25) is 0 Å². The van der Waals surface area contributed by atoms with Crippen LogP contribution in [0.15, 0.2) is 30.3 Å². The fourth-order valence-corrected chi connectivity index (χ4v) is 1.84. The Morgan fingerprint density at radius 2 is 1.70 bits per heavy atom. The van der Waals surface area contributed by atoms with E-state index in [1.165, 1.54) is 18.2 Å². The van der Waals surface area contributed by atoms with Gasteiger partial charge in [0.25, 0.3) is 0 Å². The van der Waals surface area contributed by atoms with Gasteiger partial charge in [0, 0.05) is 12.6 Å². The minimum absolute atomic E-state index is 0.0515. The van der Waals surface area contributed by atoms with Crippen LogP contribution >= 0.6 is 11.6 Å². The van der Waals surface area contributed by atoms with Crippen LogP contribution in [0.5, 0.6) is 11.5 Å². The van der Waals surface area contributed by atoms with Crippen LogP contribution in [0.1, 0.15) is 5.56 Å². The molecule has 0 aliphatic carbocycles. The number of nitrogens with one attached hydrogen (secondary N) is 1. The third kappa shape index (κ3) is 3.23. The first kappa shape index (κ1) is 14.7. The number of halogens is 4. The van der Waals surface area contributed by atoms with Crippen molar-refractivity contribution in [1.82, 2.24) is 5.32 Å². The standard InChI is InChI=1S/C14H11ClF3NO/c1-19-7-8-4-12(17)14(13(18)5-8)20-9-2-3-11(16)10(15)6-9/h2-6,19H,7H2,1H3. The molecule has 0 aliphatic rings. The molecule has 20 heavy (non-hydrogen) atoms. The zero-order valence-electron chi connectivity index (χ0n) is 10.5. The second-order valence-electron chi connectivity index (χ2n) is 4.10. The monoisotopic (exact) mass is 301 g/mol. The van der Waals surface area contributed by atoms with E-state index in [4.69, 9.17) is 16.3 Å². The summed E-state index contributed by atoms with van der Waals surface area (Å²) in [7, 11) is 1.67. The van der Waals surface area contributed by atoms with Crippen molar-refractivity contribution >= 4 is 11.6 Å². The number of benzene rings is 2. The molecule has 0 amide bonds. The molecule has 6 heteroatoms. The molecule has 2 rings (SSSR count). The first-order valence-corrected chi connectivity index (χ1v) is 6.14. The zero-order chi connectivity index (χ0) is 14.7. The summed E-state index contributed by atoms with van der Waals surface area (Å²) in [4.78, 5) is 0. The van der Waals surface area contributed by atoms with Gasteiger partial charge < -0.3 is 10.1 Å². The first-order valence-electron chi connectivity index (χ1n) is 5.76. The van der Waals surface area contributed by atoms with Crippen molar-refractivity contribution < 1.29 is 17.9 Å². The van der Waals surface area contributed by atoms with Crippen LogP contribution in [-0.4, -0.2) is 7.05 Å². The summed E-state index contributed by atoms with van der Waals surface area (Å²) in [6.45, 7) is 0.330. The molecule has 1 N–H and O–H groups in total. The molecule has 2 aromatic carbocycles. The molecule has 0 fully saturated rings. The molecule has 0 radical (unpaired) electrons. The largest absolute Gasteiger partial charge is 0.451 e. The minimum atomic E-state index is -0.837. The van der Waals surface area contributed by atoms with Crippen molar-refractivity contribution in [2.75, 3.05) is 7.05 Å². The fraction of sp³-hybridized carbons (Fsp3) is 0.143. The lowest BCUT2D eigenvalue weighted by Gasteiger charge is -2.10. The van der Waals surface area contributed by atoms with Crippen LogP contribution in [0.25, 0.3) is 0 Å². The lowest BCUT2D eigenvalue weighted by atomic mass is 10.2. The molecular formula is C14H11ClF3NO.